The summed E-state index contributed by atoms with van der Waals surface area (Å²) in [6.45, 7) is 8.88. The minimum atomic E-state index is -0.132. The number of carbonyl (C=O) groups excluding carboxylic acids is 1. The lowest BCUT2D eigenvalue weighted by Crippen LogP contribution is -2.51. The summed E-state index contributed by atoms with van der Waals surface area (Å²) in [5.41, 5.74) is 6.62. The smallest absolute Gasteiger partial charge is 0.302 e. The molecule has 4 aliphatic rings. The molecule has 1 heterocycles. The zero-order chi connectivity index (χ0) is 21.8. The molecular formula is C28H39NO2. The standard InChI is InChI=1S/C28H39NO2/c1-5-6-7-21-16-25-19(17-29-21)14-26-23-9-8-20-15-22(31-18(2)30)10-12-27(20,3)24(23)11-13-28(25,26)4/h8,16-17,22-24,26H,5-7,9-15H2,1-4H3/t22-,23+,24-,26-,27-,28+/m0/s1. The van der Waals surface area contributed by atoms with Crippen molar-refractivity contribution in [1.82, 2.24) is 4.98 Å². The number of aryl methyl sites for hydroxylation is 1. The van der Waals surface area contributed by atoms with E-state index < -0.39 is 0 Å². The van der Waals surface area contributed by atoms with Crippen LogP contribution in [0.1, 0.15) is 95.9 Å². The molecule has 2 saturated carbocycles. The lowest BCUT2D eigenvalue weighted by Gasteiger charge is -2.57. The molecule has 0 radical (unpaired) electrons. The fraction of sp³-hybridized carbons (Fsp3) is 0.714. The van der Waals surface area contributed by atoms with Gasteiger partial charge in [-0.15, -0.1) is 0 Å². The van der Waals surface area contributed by atoms with Gasteiger partial charge in [-0.2, -0.15) is 0 Å². The highest BCUT2D eigenvalue weighted by Gasteiger charge is 2.57. The number of ether oxygens (including phenoxy) is 1. The van der Waals surface area contributed by atoms with Crippen LogP contribution in [0, 0.1) is 23.2 Å². The second-order valence-corrected chi connectivity index (χ2v) is 11.3. The molecule has 6 atom stereocenters. The molecule has 0 bridgehead atoms. The maximum Gasteiger partial charge on any atom is 0.302 e. The molecule has 0 saturated heterocycles. The first kappa shape index (κ1) is 21.2. The summed E-state index contributed by atoms with van der Waals surface area (Å²) in [5, 5.41) is 0. The van der Waals surface area contributed by atoms with Crippen molar-refractivity contribution in [1.29, 1.82) is 0 Å². The minimum absolute atomic E-state index is 0.0885. The number of unbranched alkanes of at least 4 members (excludes halogenated alkanes) is 1. The summed E-state index contributed by atoms with van der Waals surface area (Å²) in [5.74, 6) is 2.15. The van der Waals surface area contributed by atoms with Gasteiger partial charge >= 0.3 is 5.97 Å². The first-order chi connectivity index (χ1) is 14.8. The predicted octanol–water partition coefficient (Wildman–Crippen LogP) is 6.33. The normalized spacial score (nSPS) is 38.4. The van der Waals surface area contributed by atoms with Crippen LogP contribution < -0.4 is 0 Å². The Morgan fingerprint density at radius 2 is 1.97 bits per heavy atom. The second-order valence-electron chi connectivity index (χ2n) is 11.3. The summed E-state index contributed by atoms with van der Waals surface area (Å²) in [7, 11) is 0. The van der Waals surface area contributed by atoms with Crippen LogP contribution in [-0.4, -0.2) is 17.1 Å². The number of nitrogens with zero attached hydrogens (tertiary/aromatic N) is 1. The Morgan fingerprint density at radius 3 is 2.74 bits per heavy atom. The Labute approximate surface area is 188 Å². The maximum absolute atomic E-state index is 11.5. The highest BCUT2D eigenvalue weighted by molar-refractivity contribution is 5.66. The third-order valence-corrected chi connectivity index (χ3v) is 9.67. The Hall–Kier alpha value is -1.64. The highest BCUT2D eigenvalue weighted by Crippen LogP contribution is 2.64. The molecule has 5 rings (SSSR count). The van der Waals surface area contributed by atoms with Crippen LogP contribution in [0.5, 0.6) is 0 Å². The van der Waals surface area contributed by atoms with Gasteiger partial charge in [0.05, 0.1) is 0 Å². The lowest BCUT2D eigenvalue weighted by atomic mass is 9.47. The third-order valence-electron chi connectivity index (χ3n) is 9.67. The Bertz CT molecular complexity index is 904. The van der Waals surface area contributed by atoms with E-state index in [4.69, 9.17) is 9.72 Å². The molecule has 0 spiro atoms. The van der Waals surface area contributed by atoms with Crippen LogP contribution in [0.4, 0.5) is 0 Å². The minimum Gasteiger partial charge on any atom is -0.462 e. The number of aromatic nitrogens is 1. The van der Waals surface area contributed by atoms with E-state index in [1.165, 1.54) is 49.8 Å². The average Bonchev–Trinajstić information content (AvgIpc) is 3.04. The van der Waals surface area contributed by atoms with Crippen molar-refractivity contribution in [2.24, 2.45) is 23.2 Å². The largest absolute Gasteiger partial charge is 0.462 e. The summed E-state index contributed by atoms with van der Waals surface area (Å²) >= 11 is 0. The average molecular weight is 422 g/mol. The van der Waals surface area contributed by atoms with E-state index in [-0.39, 0.29) is 12.1 Å². The number of rotatable bonds is 4. The molecule has 0 aliphatic heterocycles. The molecule has 1 aromatic heterocycles. The molecule has 0 aromatic carbocycles. The van der Waals surface area contributed by atoms with Gasteiger partial charge in [0.25, 0.3) is 0 Å². The van der Waals surface area contributed by atoms with Crippen molar-refractivity contribution in [3.05, 3.63) is 40.7 Å². The molecule has 0 unspecified atom stereocenters. The molecule has 0 N–H and O–H groups in total. The zero-order valence-corrected chi connectivity index (χ0v) is 19.9. The van der Waals surface area contributed by atoms with E-state index in [9.17, 15) is 4.79 Å². The first-order valence-electron chi connectivity index (χ1n) is 12.7. The van der Waals surface area contributed by atoms with Gasteiger partial charge in [0.1, 0.15) is 6.10 Å². The number of carbonyl (C=O) groups is 1. The van der Waals surface area contributed by atoms with Crippen molar-refractivity contribution in [2.75, 3.05) is 0 Å². The summed E-state index contributed by atoms with van der Waals surface area (Å²) in [4.78, 5) is 16.3. The predicted molar refractivity (Wildman–Crippen MR) is 124 cm³/mol. The quantitative estimate of drug-likeness (QED) is 0.421. The van der Waals surface area contributed by atoms with E-state index in [1.54, 1.807) is 18.1 Å². The maximum atomic E-state index is 11.5. The number of allylic oxidation sites excluding steroid dienone is 1. The summed E-state index contributed by atoms with van der Waals surface area (Å²) in [6.07, 6.45) is 16.6. The van der Waals surface area contributed by atoms with Crippen LogP contribution in [0.25, 0.3) is 0 Å². The molecule has 168 valence electrons. The molecule has 0 amide bonds. The van der Waals surface area contributed by atoms with Crippen molar-refractivity contribution in [2.45, 2.75) is 103 Å². The van der Waals surface area contributed by atoms with Gasteiger partial charge in [0.2, 0.25) is 0 Å². The van der Waals surface area contributed by atoms with Crippen molar-refractivity contribution >= 4 is 5.97 Å². The van der Waals surface area contributed by atoms with Gasteiger partial charge in [-0.1, -0.05) is 38.8 Å². The second kappa shape index (κ2) is 7.74. The zero-order valence-electron chi connectivity index (χ0n) is 19.9. The third kappa shape index (κ3) is 3.38. The monoisotopic (exact) mass is 421 g/mol. The molecule has 4 aliphatic carbocycles. The number of pyridine rings is 1. The molecule has 3 heteroatoms. The Kier molecular flexibility index (Phi) is 5.30. The van der Waals surface area contributed by atoms with Crippen molar-refractivity contribution in [3.63, 3.8) is 0 Å². The number of esters is 1. The van der Waals surface area contributed by atoms with E-state index in [2.05, 4.69) is 39.1 Å². The molecule has 2 fully saturated rings. The Balaban J connectivity index is 1.41. The van der Waals surface area contributed by atoms with E-state index in [1.807, 2.05) is 0 Å². The van der Waals surface area contributed by atoms with Crippen molar-refractivity contribution < 1.29 is 9.53 Å². The van der Waals surface area contributed by atoms with Gasteiger partial charge in [-0.25, -0.2) is 0 Å². The van der Waals surface area contributed by atoms with Crippen LogP contribution in [0.2, 0.25) is 0 Å². The van der Waals surface area contributed by atoms with Gasteiger partial charge in [-0.05, 0) is 97.1 Å². The number of fused-ring (bicyclic) bond motifs is 7. The van der Waals surface area contributed by atoms with E-state index in [0.29, 0.717) is 10.8 Å². The van der Waals surface area contributed by atoms with Gasteiger partial charge in [0, 0.05) is 25.2 Å². The van der Waals surface area contributed by atoms with E-state index in [0.717, 1.165) is 43.4 Å². The summed E-state index contributed by atoms with van der Waals surface area (Å²) < 4.78 is 5.60. The summed E-state index contributed by atoms with van der Waals surface area (Å²) in [6, 6.07) is 2.47. The fourth-order valence-corrected chi connectivity index (χ4v) is 7.95. The van der Waals surface area contributed by atoms with Crippen LogP contribution in [0.3, 0.4) is 0 Å². The molecule has 1 aromatic rings. The Morgan fingerprint density at radius 1 is 1.16 bits per heavy atom. The van der Waals surface area contributed by atoms with E-state index >= 15 is 0 Å². The molecule has 31 heavy (non-hydrogen) atoms. The first-order valence-corrected chi connectivity index (χ1v) is 12.7. The van der Waals surface area contributed by atoms with Gasteiger partial charge in [0.15, 0.2) is 0 Å². The topological polar surface area (TPSA) is 39.2 Å². The number of hydrogen-bond acceptors (Lipinski definition) is 3. The lowest BCUT2D eigenvalue weighted by molar-refractivity contribution is -0.148. The van der Waals surface area contributed by atoms with Gasteiger partial charge < -0.3 is 4.74 Å². The van der Waals surface area contributed by atoms with Crippen LogP contribution in [0.15, 0.2) is 23.9 Å². The SMILES string of the molecule is CCCCc1cc2c(cn1)C[C@H]1[C@@H]3CC=C4C[C@@H](OC(C)=O)CC[C@]4(C)[C@H]3CC[C@]21C. The molecular weight excluding hydrogens is 382 g/mol. The van der Waals surface area contributed by atoms with Crippen LogP contribution >= 0.6 is 0 Å². The fourth-order valence-electron chi connectivity index (χ4n) is 7.95. The van der Waals surface area contributed by atoms with Crippen LogP contribution in [-0.2, 0) is 27.8 Å². The highest BCUT2D eigenvalue weighted by atomic mass is 16.5. The van der Waals surface area contributed by atoms with Crippen molar-refractivity contribution in [3.8, 4) is 0 Å². The number of hydrogen-bond donors (Lipinski definition) is 0. The molecule has 3 nitrogen and oxygen atoms in total. The van der Waals surface area contributed by atoms with Gasteiger partial charge in [-0.3, -0.25) is 9.78 Å².